The lowest BCUT2D eigenvalue weighted by Crippen LogP contribution is -2.20. The van der Waals surface area contributed by atoms with Crippen LogP contribution in [0, 0.1) is 0 Å². The quantitative estimate of drug-likeness (QED) is 0.300. The standard InChI is InChI=1S/C26H27N3O6S2/c1-4-35-16-15-29-23-21(33-2)13-14-22(34-3)24(23)36-26(29)27-25(30)18-9-8-10-19(17-18)28-37(31,32)20-11-6-5-7-12-20/h5-14,17,28H,4,15-16H2,1-3H3. The molecule has 4 aromatic rings. The Morgan fingerprint density at radius 3 is 2.43 bits per heavy atom. The molecule has 1 amide bonds. The maximum Gasteiger partial charge on any atom is 0.279 e. The molecule has 0 unspecified atom stereocenters. The molecule has 3 aromatic carbocycles. The minimum atomic E-state index is -3.80. The van der Waals surface area contributed by atoms with Crippen molar-refractivity contribution in [2.45, 2.75) is 18.4 Å². The Morgan fingerprint density at radius 2 is 1.73 bits per heavy atom. The van der Waals surface area contributed by atoms with Crippen LogP contribution in [-0.2, 0) is 21.3 Å². The Morgan fingerprint density at radius 1 is 1.00 bits per heavy atom. The molecule has 194 valence electrons. The molecule has 0 aliphatic heterocycles. The van der Waals surface area contributed by atoms with E-state index in [2.05, 4.69) is 9.71 Å². The lowest BCUT2D eigenvalue weighted by atomic mass is 10.2. The van der Waals surface area contributed by atoms with E-state index in [1.54, 1.807) is 62.8 Å². The van der Waals surface area contributed by atoms with Gasteiger partial charge in [-0.05, 0) is 49.4 Å². The van der Waals surface area contributed by atoms with E-state index in [4.69, 9.17) is 14.2 Å². The summed E-state index contributed by atoms with van der Waals surface area (Å²) < 4.78 is 47.2. The van der Waals surface area contributed by atoms with Crippen LogP contribution in [0.5, 0.6) is 11.5 Å². The van der Waals surface area contributed by atoms with Gasteiger partial charge in [0.25, 0.3) is 15.9 Å². The van der Waals surface area contributed by atoms with Crippen molar-refractivity contribution < 1.29 is 27.4 Å². The summed E-state index contributed by atoms with van der Waals surface area (Å²) in [5.74, 6) is 0.738. The average molecular weight is 542 g/mol. The number of fused-ring (bicyclic) bond motifs is 1. The third kappa shape index (κ3) is 5.85. The third-order valence-corrected chi connectivity index (χ3v) is 7.96. The summed E-state index contributed by atoms with van der Waals surface area (Å²) >= 11 is 1.30. The molecule has 4 rings (SSSR count). The molecule has 0 atom stereocenters. The smallest absolute Gasteiger partial charge is 0.279 e. The fourth-order valence-corrected chi connectivity index (χ4v) is 5.96. The van der Waals surface area contributed by atoms with Gasteiger partial charge in [0.1, 0.15) is 21.7 Å². The van der Waals surface area contributed by atoms with Crippen LogP contribution in [0.15, 0.2) is 76.6 Å². The van der Waals surface area contributed by atoms with Gasteiger partial charge in [-0.1, -0.05) is 35.6 Å². The van der Waals surface area contributed by atoms with Crippen LogP contribution >= 0.6 is 11.3 Å². The number of nitrogens with one attached hydrogen (secondary N) is 1. The summed E-state index contributed by atoms with van der Waals surface area (Å²) in [7, 11) is -0.645. The van der Waals surface area contributed by atoms with Crippen LogP contribution in [0.1, 0.15) is 17.3 Å². The number of sulfonamides is 1. The number of benzene rings is 3. The first-order valence-corrected chi connectivity index (χ1v) is 13.8. The molecule has 0 bridgehead atoms. The van der Waals surface area contributed by atoms with Crippen LogP contribution in [-0.4, -0.2) is 46.3 Å². The van der Waals surface area contributed by atoms with E-state index in [0.29, 0.717) is 36.1 Å². The predicted octanol–water partition coefficient (Wildman–Crippen LogP) is 4.30. The van der Waals surface area contributed by atoms with E-state index in [1.165, 1.54) is 29.5 Å². The highest BCUT2D eigenvalue weighted by atomic mass is 32.2. The van der Waals surface area contributed by atoms with E-state index >= 15 is 0 Å². The minimum Gasteiger partial charge on any atom is -0.495 e. The second-order valence-corrected chi connectivity index (χ2v) is 10.5. The molecule has 1 N–H and O–H groups in total. The third-order valence-electron chi connectivity index (χ3n) is 5.47. The second-order valence-electron chi connectivity index (χ2n) is 7.80. The first-order chi connectivity index (χ1) is 17.9. The molecule has 0 fully saturated rings. The van der Waals surface area contributed by atoms with Crippen molar-refractivity contribution in [2.24, 2.45) is 4.99 Å². The van der Waals surface area contributed by atoms with E-state index in [1.807, 2.05) is 11.5 Å². The average Bonchev–Trinajstić information content (AvgIpc) is 3.26. The highest BCUT2D eigenvalue weighted by Gasteiger charge is 2.18. The van der Waals surface area contributed by atoms with Gasteiger partial charge in [-0.15, -0.1) is 0 Å². The van der Waals surface area contributed by atoms with E-state index < -0.39 is 15.9 Å². The molecule has 0 spiro atoms. The van der Waals surface area contributed by atoms with Crippen molar-refractivity contribution in [2.75, 3.05) is 32.2 Å². The predicted molar refractivity (Wildman–Crippen MR) is 143 cm³/mol. The zero-order chi connectivity index (χ0) is 26.4. The monoisotopic (exact) mass is 541 g/mol. The molecule has 0 radical (unpaired) electrons. The molecule has 0 aliphatic carbocycles. The van der Waals surface area contributed by atoms with Crippen molar-refractivity contribution in [1.29, 1.82) is 0 Å². The van der Waals surface area contributed by atoms with Gasteiger partial charge >= 0.3 is 0 Å². The molecule has 37 heavy (non-hydrogen) atoms. The number of aromatic nitrogens is 1. The molecule has 0 saturated heterocycles. The summed E-state index contributed by atoms with van der Waals surface area (Å²) in [6.07, 6.45) is 0. The van der Waals surface area contributed by atoms with Gasteiger partial charge < -0.3 is 18.8 Å². The number of methoxy groups -OCH3 is 2. The Labute approximate surface area is 219 Å². The summed E-state index contributed by atoms with van der Waals surface area (Å²) in [6.45, 7) is 3.33. The van der Waals surface area contributed by atoms with E-state index in [-0.39, 0.29) is 16.1 Å². The normalized spacial score (nSPS) is 12.0. The number of rotatable bonds is 10. The SMILES string of the molecule is CCOCCn1c(=NC(=O)c2cccc(NS(=O)(=O)c3ccccc3)c2)sc2c(OC)ccc(OC)c21. The Hall–Kier alpha value is -3.67. The van der Waals surface area contributed by atoms with Crippen LogP contribution < -0.4 is 19.0 Å². The maximum absolute atomic E-state index is 13.2. The van der Waals surface area contributed by atoms with Crippen LogP contribution in [0.2, 0.25) is 0 Å². The molecule has 9 nitrogen and oxygen atoms in total. The largest absolute Gasteiger partial charge is 0.495 e. The first kappa shape index (κ1) is 26.4. The zero-order valence-corrected chi connectivity index (χ0v) is 22.3. The van der Waals surface area contributed by atoms with Gasteiger partial charge in [0.05, 0.1) is 25.7 Å². The number of carbonyl (C=O) groups excluding carboxylic acids is 1. The topological polar surface area (TPSA) is 108 Å². The van der Waals surface area contributed by atoms with Gasteiger partial charge in [0.15, 0.2) is 4.80 Å². The minimum absolute atomic E-state index is 0.125. The molecular weight excluding hydrogens is 514 g/mol. The van der Waals surface area contributed by atoms with Crippen molar-refractivity contribution in [1.82, 2.24) is 4.57 Å². The highest BCUT2D eigenvalue weighted by molar-refractivity contribution is 7.92. The fraction of sp³-hybridized carbons (Fsp3) is 0.231. The Balaban J connectivity index is 1.74. The Bertz CT molecular complexity index is 1580. The molecular formula is C26H27N3O6S2. The summed E-state index contributed by atoms with van der Waals surface area (Å²) in [5, 5.41) is 0. The highest BCUT2D eigenvalue weighted by Crippen LogP contribution is 2.35. The van der Waals surface area contributed by atoms with Crippen molar-refractivity contribution in [3.8, 4) is 11.5 Å². The number of anilines is 1. The lowest BCUT2D eigenvalue weighted by molar-refractivity contribution is 0.0996. The van der Waals surface area contributed by atoms with E-state index in [0.717, 1.165) is 10.2 Å². The zero-order valence-electron chi connectivity index (χ0n) is 20.6. The fourth-order valence-electron chi connectivity index (χ4n) is 3.73. The van der Waals surface area contributed by atoms with Gasteiger partial charge in [-0.25, -0.2) is 8.42 Å². The summed E-state index contributed by atoms with van der Waals surface area (Å²) in [6, 6.07) is 17.9. The van der Waals surface area contributed by atoms with Gasteiger partial charge in [-0.2, -0.15) is 4.99 Å². The number of carbonyl (C=O) groups is 1. The number of nitrogens with zero attached hydrogens (tertiary/aromatic N) is 2. The first-order valence-electron chi connectivity index (χ1n) is 11.5. The van der Waals surface area contributed by atoms with Crippen molar-refractivity contribution >= 4 is 43.2 Å². The van der Waals surface area contributed by atoms with Gasteiger partial charge in [0.2, 0.25) is 0 Å². The maximum atomic E-state index is 13.2. The van der Waals surface area contributed by atoms with Crippen LogP contribution in [0.25, 0.3) is 10.2 Å². The number of hydrogen-bond acceptors (Lipinski definition) is 7. The van der Waals surface area contributed by atoms with Crippen molar-refractivity contribution in [3.05, 3.63) is 77.1 Å². The molecule has 1 heterocycles. The molecule has 0 aliphatic rings. The number of amides is 1. The number of hydrogen-bond donors (Lipinski definition) is 1. The number of ether oxygens (including phenoxy) is 3. The molecule has 11 heteroatoms. The Kier molecular flexibility index (Phi) is 8.27. The lowest BCUT2D eigenvalue weighted by Gasteiger charge is -2.10. The van der Waals surface area contributed by atoms with Crippen LogP contribution in [0.3, 0.4) is 0 Å². The summed E-state index contributed by atoms with van der Waals surface area (Å²) in [4.78, 5) is 18.2. The second kappa shape index (κ2) is 11.6. The van der Waals surface area contributed by atoms with Gasteiger partial charge in [-0.3, -0.25) is 9.52 Å². The summed E-state index contributed by atoms with van der Waals surface area (Å²) in [5.41, 5.74) is 1.25. The van der Waals surface area contributed by atoms with E-state index in [9.17, 15) is 13.2 Å². The van der Waals surface area contributed by atoms with Crippen molar-refractivity contribution in [3.63, 3.8) is 0 Å². The van der Waals surface area contributed by atoms with Crippen LogP contribution in [0.4, 0.5) is 5.69 Å². The van der Waals surface area contributed by atoms with Gasteiger partial charge in [0, 0.05) is 24.4 Å². The number of thiazole rings is 1. The molecule has 1 aromatic heterocycles. The molecule has 0 saturated carbocycles.